The van der Waals surface area contributed by atoms with E-state index in [1.165, 1.54) is 23.5 Å². The van der Waals surface area contributed by atoms with Gasteiger partial charge < -0.3 is 0 Å². The number of fused-ring (bicyclic) bond motifs is 2. The van der Waals surface area contributed by atoms with E-state index in [-0.39, 0.29) is 11.6 Å². The Kier molecular flexibility index (Phi) is 4.66. The summed E-state index contributed by atoms with van der Waals surface area (Å²) < 4.78 is 79.3. The highest BCUT2D eigenvalue weighted by Gasteiger charge is 2.37. The average molecular weight is 428 g/mol. The molecule has 0 bridgehead atoms. The van der Waals surface area contributed by atoms with E-state index in [0.29, 0.717) is 10.5 Å². The van der Waals surface area contributed by atoms with Crippen LogP contribution >= 0.6 is 23.5 Å². The molecular formula is C20H10F6S2. The quantitative estimate of drug-likeness (QED) is 0.282. The number of halogens is 6. The number of hydrogen-bond donors (Lipinski definition) is 0. The van der Waals surface area contributed by atoms with Crippen molar-refractivity contribution in [1.29, 1.82) is 0 Å². The smallest absolute Gasteiger partial charge is 0.166 e. The zero-order valence-electron chi connectivity index (χ0n) is 13.9. The molecule has 0 amide bonds. The Hall–Kier alpha value is -2.06. The normalized spacial score (nSPS) is 13.8. The predicted octanol–water partition coefficient (Wildman–Crippen LogP) is 8.01. The molecule has 4 rings (SSSR count). The lowest BCUT2D eigenvalue weighted by molar-refractivity contribution is -0.143. The van der Waals surface area contributed by atoms with Gasteiger partial charge in [0.05, 0.1) is 11.1 Å². The maximum atomic E-state index is 13.2. The topological polar surface area (TPSA) is 0 Å². The van der Waals surface area contributed by atoms with Crippen molar-refractivity contribution in [3.63, 3.8) is 0 Å². The van der Waals surface area contributed by atoms with Crippen molar-refractivity contribution in [2.24, 2.45) is 0 Å². The van der Waals surface area contributed by atoms with Crippen LogP contribution in [0.25, 0.3) is 11.1 Å². The van der Waals surface area contributed by atoms with Gasteiger partial charge in [0.15, 0.2) is 0 Å². The third-order valence-corrected chi connectivity index (χ3v) is 6.77. The molecule has 1 aliphatic heterocycles. The highest BCUT2D eigenvalue weighted by molar-refractivity contribution is 8.05. The van der Waals surface area contributed by atoms with E-state index < -0.39 is 23.5 Å². The molecule has 0 saturated heterocycles. The van der Waals surface area contributed by atoms with Crippen molar-refractivity contribution in [3.05, 3.63) is 71.8 Å². The summed E-state index contributed by atoms with van der Waals surface area (Å²) in [6.07, 6.45) is -9.75. The first-order chi connectivity index (χ1) is 13.1. The van der Waals surface area contributed by atoms with E-state index in [1.54, 1.807) is 12.1 Å². The number of hydrogen-bond acceptors (Lipinski definition) is 2. The minimum atomic E-state index is -4.88. The zero-order valence-corrected chi connectivity index (χ0v) is 15.5. The van der Waals surface area contributed by atoms with Crippen LogP contribution in [0.2, 0.25) is 0 Å². The monoisotopic (exact) mass is 428 g/mol. The number of alkyl halides is 6. The van der Waals surface area contributed by atoms with E-state index >= 15 is 0 Å². The van der Waals surface area contributed by atoms with Gasteiger partial charge in [-0.15, -0.1) is 0 Å². The molecule has 0 aromatic heterocycles. The van der Waals surface area contributed by atoms with Crippen LogP contribution < -0.4 is 0 Å². The molecule has 144 valence electrons. The van der Waals surface area contributed by atoms with Crippen LogP contribution in [0.15, 0.2) is 80.2 Å². The van der Waals surface area contributed by atoms with Crippen molar-refractivity contribution in [1.82, 2.24) is 0 Å². The standard InChI is InChI=1S/C20H10F6S2/c21-19(22,23)12-8-11(9-13(10-12)20(24,25)26)14-4-3-7-17-18(14)28-16-6-2-1-5-15(16)27-17/h1-10H. The van der Waals surface area contributed by atoms with Crippen LogP contribution in [0.4, 0.5) is 26.3 Å². The molecule has 0 nitrogen and oxygen atoms in total. The van der Waals surface area contributed by atoms with Gasteiger partial charge in [-0.1, -0.05) is 47.8 Å². The van der Waals surface area contributed by atoms with Crippen molar-refractivity contribution in [3.8, 4) is 11.1 Å². The van der Waals surface area contributed by atoms with Crippen molar-refractivity contribution in [2.75, 3.05) is 0 Å². The van der Waals surface area contributed by atoms with Gasteiger partial charge in [0, 0.05) is 19.6 Å². The first kappa shape index (κ1) is 19.3. The van der Waals surface area contributed by atoms with Crippen molar-refractivity contribution >= 4 is 23.5 Å². The van der Waals surface area contributed by atoms with Crippen LogP contribution in [-0.4, -0.2) is 0 Å². The Bertz CT molecular complexity index is 1020. The first-order valence-electron chi connectivity index (χ1n) is 8.00. The van der Waals surface area contributed by atoms with Crippen molar-refractivity contribution < 1.29 is 26.3 Å². The van der Waals surface area contributed by atoms with Crippen LogP contribution in [0.1, 0.15) is 11.1 Å². The lowest BCUT2D eigenvalue weighted by Crippen LogP contribution is -2.11. The number of benzene rings is 3. The molecular weight excluding hydrogens is 418 g/mol. The van der Waals surface area contributed by atoms with Gasteiger partial charge >= 0.3 is 12.4 Å². The molecule has 28 heavy (non-hydrogen) atoms. The molecule has 0 saturated carbocycles. The molecule has 0 fully saturated rings. The second kappa shape index (κ2) is 6.77. The fourth-order valence-corrected chi connectivity index (χ4v) is 5.29. The Morgan fingerprint density at radius 1 is 0.571 bits per heavy atom. The number of rotatable bonds is 1. The third kappa shape index (κ3) is 3.63. The second-order valence-electron chi connectivity index (χ2n) is 6.08. The summed E-state index contributed by atoms with van der Waals surface area (Å²) in [6, 6.07) is 14.2. The maximum Gasteiger partial charge on any atom is 0.416 e. The Morgan fingerprint density at radius 3 is 1.68 bits per heavy atom. The third-order valence-electron chi connectivity index (χ3n) is 4.16. The first-order valence-corrected chi connectivity index (χ1v) is 9.64. The molecule has 0 spiro atoms. The average Bonchev–Trinajstić information content (AvgIpc) is 2.64. The van der Waals surface area contributed by atoms with E-state index in [1.807, 2.05) is 30.3 Å². The largest absolute Gasteiger partial charge is 0.416 e. The molecule has 3 aromatic carbocycles. The zero-order chi connectivity index (χ0) is 20.1. The molecule has 3 aromatic rings. The highest BCUT2D eigenvalue weighted by Crippen LogP contribution is 2.52. The highest BCUT2D eigenvalue weighted by atomic mass is 32.2. The lowest BCUT2D eigenvalue weighted by Gasteiger charge is -2.22. The molecule has 8 heteroatoms. The van der Waals surface area contributed by atoms with Gasteiger partial charge in [-0.05, 0) is 47.5 Å². The van der Waals surface area contributed by atoms with Gasteiger partial charge in [0.25, 0.3) is 0 Å². The van der Waals surface area contributed by atoms with Crippen LogP contribution in [0.3, 0.4) is 0 Å². The summed E-state index contributed by atoms with van der Waals surface area (Å²) in [5.74, 6) is 0. The molecule has 0 unspecified atom stereocenters. The summed E-state index contributed by atoms with van der Waals surface area (Å²) in [5, 5.41) is 0. The summed E-state index contributed by atoms with van der Waals surface area (Å²) >= 11 is 2.79. The summed E-state index contributed by atoms with van der Waals surface area (Å²) in [6.45, 7) is 0. The minimum absolute atomic E-state index is 0.105. The Balaban J connectivity index is 1.89. The summed E-state index contributed by atoms with van der Waals surface area (Å²) in [5.41, 5.74) is -2.39. The van der Waals surface area contributed by atoms with Crippen LogP contribution in [-0.2, 0) is 12.4 Å². The van der Waals surface area contributed by atoms with Gasteiger partial charge in [0.2, 0.25) is 0 Å². The predicted molar refractivity (Wildman–Crippen MR) is 96.6 cm³/mol. The lowest BCUT2D eigenvalue weighted by atomic mass is 9.99. The van der Waals surface area contributed by atoms with Gasteiger partial charge in [-0.25, -0.2) is 0 Å². The van der Waals surface area contributed by atoms with Crippen LogP contribution in [0, 0.1) is 0 Å². The maximum absolute atomic E-state index is 13.2. The minimum Gasteiger partial charge on any atom is -0.166 e. The van der Waals surface area contributed by atoms with E-state index in [0.717, 1.165) is 26.8 Å². The molecule has 0 radical (unpaired) electrons. The second-order valence-corrected chi connectivity index (χ2v) is 8.21. The fourth-order valence-electron chi connectivity index (χ4n) is 2.89. The SMILES string of the molecule is FC(F)(F)c1cc(-c2cccc3c2Sc2ccccc2S3)cc(C(F)(F)F)c1. The summed E-state index contributed by atoms with van der Waals surface area (Å²) in [7, 11) is 0. The fraction of sp³-hybridized carbons (Fsp3) is 0.100. The van der Waals surface area contributed by atoms with E-state index in [9.17, 15) is 26.3 Å². The Labute approximate surface area is 165 Å². The van der Waals surface area contributed by atoms with E-state index in [4.69, 9.17) is 0 Å². The van der Waals surface area contributed by atoms with E-state index in [2.05, 4.69) is 0 Å². The van der Waals surface area contributed by atoms with Crippen molar-refractivity contribution in [2.45, 2.75) is 31.9 Å². The van der Waals surface area contributed by atoms with Gasteiger partial charge in [-0.3, -0.25) is 0 Å². The molecule has 1 aliphatic rings. The molecule has 1 heterocycles. The molecule has 0 aliphatic carbocycles. The van der Waals surface area contributed by atoms with Gasteiger partial charge in [-0.2, -0.15) is 26.3 Å². The summed E-state index contributed by atoms with van der Waals surface area (Å²) in [4.78, 5) is 3.36. The molecule has 0 atom stereocenters. The molecule has 0 N–H and O–H groups in total. The van der Waals surface area contributed by atoms with Crippen LogP contribution in [0.5, 0.6) is 0 Å². The Morgan fingerprint density at radius 2 is 1.11 bits per heavy atom. The van der Waals surface area contributed by atoms with Gasteiger partial charge in [0.1, 0.15) is 0 Å².